The molecule has 2 atom stereocenters. The number of nitrogens with zero attached hydrogens (tertiary/aromatic N) is 2. The third kappa shape index (κ3) is 4.45. The van der Waals surface area contributed by atoms with Crippen LogP contribution in [0.2, 0.25) is 0 Å². The average molecular weight is 306 g/mol. The average Bonchev–Trinajstić information content (AvgIpc) is 2.52. The summed E-state index contributed by atoms with van der Waals surface area (Å²) < 4.78 is 5.41. The van der Waals surface area contributed by atoms with Crippen molar-refractivity contribution in [3.05, 3.63) is 35.9 Å². The van der Waals surface area contributed by atoms with Crippen LogP contribution in [0.4, 0.5) is 4.79 Å². The highest BCUT2D eigenvalue weighted by Crippen LogP contribution is 2.17. The van der Waals surface area contributed by atoms with E-state index in [4.69, 9.17) is 9.84 Å². The van der Waals surface area contributed by atoms with Crippen LogP contribution < -0.4 is 0 Å². The maximum Gasteiger partial charge on any atom is 0.410 e. The van der Waals surface area contributed by atoms with Crippen LogP contribution in [0, 0.1) is 0 Å². The van der Waals surface area contributed by atoms with Gasteiger partial charge in [0, 0.05) is 38.3 Å². The molecule has 1 aromatic rings. The van der Waals surface area contributed by atoms with Gasteiger partial charge in [-0.15, -0.1) is 0 Å². The van der Waals surface area contributed by atoms with Crippen molar-refractivity contribution in [3.63, 3.8) is 0 Å². The summed E-state index contributed by atoms with van der Waals surface area (Å²) in [7, 11) is 0. The number of ether oxygens (including phenoxy) is 1. The van der Waals surface area contributed by atoms with Gasteiger partial charge in [-0.05, 0) is 25.8 Å². The highest BCUT2D eigenvalue weighted by atomic mass is 16.6. The van der Waals surface area contributed by atoms with Crippen LogP contribution in [0.5, 0.6) is 0 Å². The van der Waals surface area contributed by atoms with Gasteiger partial charge in [0.1, 0.15) is 6.61 Å². The normalized spacial score (nSPS) is 22.6. The zero-order chi connectivity index (χ0) is 15.9. The van der Waals surface area contributed by atoms with Crippen LogP contribution in [0.25, 0.3) is 0 Å². The summed E-state index contributed by atoms with van der Waals surface area (Å²) in [6.45, 7) is 6.96. The molecule has 1 fully saturated rings. The standard InChI is InChI=1S/C17H26N2O3/c1-14-11-18(12-15(2)19(14)9-6-10-20)17(21)22-13-16-7-4-3-5-8-16/h3-5,7-8,14-15,20H,6,9-13H2,1-2H3/t14-,15+. The SMILES string of the molecule is C[C@@H]1CN(C(=O)OCc2ccccc2)C[C@H](C)N1CCCO. The first-order valence-corrected chi connectivity index (χ1v) is 7.94. The van der Waals surface area contributed by atoms with E-state index < -0.39 is 0 Å². The van der Waals surface area contributed by atoms with Gasteiger partial charge in [0.25, 0.3) is 0 Å². The molecule has 1 heterocycles. The minimum absolute atomic E-state index is 0.207. The van der Waals surface area contributed by atoms with Gasteiger partial charge in [-0.3, -0.25) is 4.90 Å². The fraction of sp³-hybridized carbons (Fsp3) is 0.588. The Labute approximate surface area is 132 Å². The van der Waals surface area contributed by atoms with Gasteiger partial charge < -0.3 is 14.7 Å². The first kappa shape index (κ1) is 16.8. The molecule has 0 aliphatic carbocycles. The van der Waals surface area contributed by atoms with Crippen molar-refractivity contribution < 1.29 is 14.6 Å². The Balaban J connectivity index is 1.84. The fourth-order valence-electron chi connectivity index (χ4n) is 3.01. The summed E-state index contributed by atoms with van der Waals surface area (Å²) in [6, 6.07) is 10.3. The van der Waals surface area contributed by atoms with Gasteiger partial charge >= 0.3 is 6.09 Å². The molecule has 5 nitrogen and oxygen atoms in total. The molecular formula is C17H26N2O3. The van der Waals surface area contributed by atoms with E-state index in [1.165, 1.54) is 0 Å². The zero-order valence-electron chi connectivity index (χ0n) is 13.4. The van der Waals surface area contributed by atoms with Crippen LogP contribution in [0.15, 0.2) is 30.3 Å². The number of piperazine rings is 1. The van der Waals surface area contributed by atoms with Crippen molar-refractivity contribution in [2.45, 2.75) is 39.0 Å². The Bertz CT molecular complexity index is 454. The van der Waals surface area contributed by atoms with E-state index in [0.29, 0.717) is 19.7 Å². The topological polar surface area (TPSA) is 53.0 Å². The van der Waals surface area contributed by atoms with E-state index in [9.17, 15) is 4.79 Å². The number of aliphatic hydroxyl groups excluding tert-OH is 1. The molecule has 1 aliphatic rings. The van der Waals surface area contributed by atoms with Crippen molar-refractivity contribution in [2.24, 2.45) is 0 Å². The zero-order valence-corrected chi connectivity index (χ0v) is 13.4. The maximum atomic E-state index is 12.2. The molecule has 1 N–H and O–H groups in total. The molecule has 122 valence electrons. The molecule has 0 spiro atoms. The molecule has 0 unspecified atom stereocenters. The van der Waals surface area contributed by atoms with E-state index >= 15 is 0 Å². The van der Waals surface area contributed by atoms with E-state index in [1.807, 2.05) is 30.3 Å². The minimum atomic E-state index is -0.246. The van der Waals surface area contributed by atoms with Gasteiger partial charge in [-0.1, -0.05) is 30.3 Å². The van der Waals surface area contributed by atoms with Crippen LogP contribution in [0.1, 0.15) is 25.8 Å². The Morgan fingerprint density at radius 1 is 1.23 bits per heavy atom. The third-order valence-electron chi connectivity index (χ3n) is 4.14. The number of aliphatic hydroxyl groups is 1. The molecular weight excluding hydrogens is 280 g/mol. The number of carbonyl (C=O) groups excluding carboxylic acids is 1. The number of rotatable bonds is 5. The quantitative estimate of drug-likeness (QED) is 0.905. The lowest BCUT2D eigenvalue weighted by molar-refractivity contribution is 0.0225. The predicted octanol–water partition coefficient (Wildman–Crippen LogP) is 2.10. The highest BCUT2D eigenvalue weighted by Gasteiger charge is 2.31. The lowest BCUT2D eigenvalue weighted by Gasteiger charge is -2.43. The number of hydrogen-bond donors (Lipinski definition) is 1. The van der Waals surface area contributed by atoms with Gasteiger partial charge in [0.2, 0.25) is 0 Å². The summed E-state index contributed by atoms with van der Waals surface area (Å²) >= 11 is 0. The highest BCUT2D eigenvalue weighted by molar-refractivity contribution is 5.68. The molecule has 0 saturated carbocycles. The smallest absolute Gasteiger partial charge is 0.410 e. The van der Waals surface area contributed by atoms with Gasteiger partial charge in [-0.2, -0.15) is 0 Å². The van der Waals surface area contributed by atoms with Crippen LogP contribution in [-0.2, 0) is 11.3 Å². The third-order valence-corrected chi connectivity index (χ3v) is 4.14. The number of hydrogen-bond acceptors (Lipinski definition) is 4. The number of carbonyl (C=O) groups is 1. The van der Waals surface area contributed by atoms with E-state index in [0.717, 1.165) is 18.5 Å². The Morgan fingerprint density at radius 2 is 1.86 bits per heavy atom. The summed E-state index contributed by atoms with van der Waals surface area (Å²) in [4.78, 5) is 16.4. The molecule has 0 radical (unpaired) electrons. The van der Waals surface area contributed by atoms with Crippen LogP contribution in [-0.4, -0.2) is 59.3 Å². The molecule has 22 heavy (non-hydrogen) atoms. The maximum absolute atomic E-state index is 12.2. The monoisotopic (exact) mass is 306 g/mol. The molecule has 5 heteroatoms. The molecule has 2 rings (SSSR count). The molecule has 0 bridgehead atoms. The van der Waals surface area contributed by atoms with Crippen molar-refractivity contribution >= 4 is 6.09 Å². The van der Waals surface area contributed by atoms with E-state index in [2.05, 4.69) is 18.7 Å². The number of amides is 1. The van der Waals surface area contributed by atoms with Gasteiger partial charge in [0.05, 0.1) is 0 Å². The molecule has 1 amide bonds. The number of benzene rings is 1. The summed E-state index contributed by atoms with van der Waals surface area (Å²) in [5, 5.41) is 8.98. The Hall–Kier alpha value is -1.59. The summed E-state index contributed by atoms with van der Waals surface area (Å²) in [5.41, 5.74) is 0.999. The second-order valence-corrected chi connectivity index (χ2v) is 5.96. The lowest BCUT2D eigenvalue weighted by Crippen LogP contribution is -2.58. The molecule has 1 saturated heterocycles. The second kappa shape index (κ2) is 8.15. The Morgan fingerprint density at radius 3 is 2.45 bits per heavy atom. The van der Waals surface area contributed by atoms with Crippen LogP contribution in [0.3, 0.4) is 0 Å². The van der Waals surface area contributed by atoms with E-state index in [-0.39, 0.29) is 24.8 Å². The Kier molecular flexibility index (Phi) is 6.21. The summed E-state index contributed by atoms with van der Waals surface area (Å²) in [5.74, 6) is 0. The second-order valence-electron chi connectivity index (χ2n) is 5.96. The van der Waals surface area contributed by atoms with Gasteiger partial charge in [0.15, 0.2) is 0 Å². The molecule has 1 aliphatic heterocycles. The van der Waals surface area contributed by atoms with E-state index in [1.54, 1.807) is 4.90 Å². The van der Waals surface area contributed by atoms with Gasteiger partial charge in [-0.25, -0.2) is 4.79 Å². The fourth-order valence-corrected chi connectivity index (χ4v) is 3.01. The first-order chi connectivity index (χ1) is 10.6. The lowest BCUT2D eigenvalue weighted by atomic mass is 10.1. The predicted molar refractivity (Wildman–Crippen MR) is 85.5 cm³/mol. The van der Waals surface area contributed by atoms with Crippen molar-refractivity contribution in [2.75, 3.05) is 26.2 Å². The van der Waals surface area contributed by atoms with Crippen molar-refractivity contribution in [3.8, 4) is 0 Å². The largest absolute Gasteiger partial charge is 0.445 e. The first-order valence-electron chi connectivity index (χ1n) is 7.94. The molecule has 0 aromatic heterocycles. The minimum Gasteiger partial charge on any atom is -0.445 e. The molecule has 1 aromatic carbocycles. The van der Waals surface area contributed by atoms with Crippen LogP contribution >= 0.6 is 0 Å². The van der Waals surface area contributed by atoms with Crippen molar-refractivity contribution in [1.82, 2.24) is 9.80 Å². The summed E-state index contributed by atoms with van der Waals surface area (Å²) in [6.07, 6.45) is 0.525. The van der Waals surface area contributed by atoms with Crippen molar-refractivity contribution in [1.29, 1.82) is 0 Å².